The minimum absolute atomic E-state index is 0.318. The van der Waals surface area contributed by atoms with Crippen LogP contribution in [0.1, 0.15) is 31.1 Å². The zero-order valence-corrected chi connectivity index (χ0v) is 10.7. The van der Waals surface area contributed by atoms with Gasteiger partial charge in [-0.1, -0.05) is 5.16 Å². The number of ether oxygens (including phenoxy) is 1. The Morgan fingerprint density at radius 3 is 3.11 bits per heavy atom. The molecule has 3 rings (SSSR count). The maximum Gasteiger partial charge on any atom is 0.258 e. The first kappa shape index (κ1) is 11.8. The van der Waals surface area contributed by atoms with Crippen LogP contribution >= 0.6 is 11.3 Å². The van der Waals surface area contributed by atoms with Gasteiger partial charge in [-0.3, -0.25) is 0 Å². The third-order valence-electron chi connectivity index (χ3n) is 3.11. The molecule has 2 heterocycles. The van der Waals surface area contributed by atoms with E-state index in [1.807, 2.05) is 16.8 Å². The number of hydrogen-bond donors (Lipinski definition) is 1. The Morgan fingerprint density at radius 2 is 2.44 bits per heavy atom. The molecule has 5 nitrogen and oxygen atoms in total. The number of nitrogens with two attached hydrogens (primary N) is 1. The second kappa shape index (κ2) is 5.17. The summed E-state index contributed by atoms with van der Waals surface area (Å²) in [7, 11) is 0. The quantitative estimate of drug-likeness (QED) is 0.898. The molecule has 1 atom stereocenters. The maximum absolute atomic E-state index is 5.98. The van der Waals surface area contributed by atoms with E-state index in [-0.39, 0.29) is 6.04 Å². The summed E-state index contributed by atoms with van der Waals surface area (Å²) in [6.45, 7) is 0.452. The van der Waals surface area contributed by atoms with Crippen LogP contribution in [0, 0.1) is 0 Å². The van der Waals surface area contributed by atoms with Gasteiger partial charge < -0.3 is 15.0 Å². The van der Waals surface area contributed by atoms with E-state index in [9.17, 15) is 0 Å². The molecule has 1 aliphatic carbocycles. The molecule has 0 aliphatic heterocycles. The van der Waals surface area contributed by atoms with Gasteiger partial charge in [-0.25, -0.2) is 0 Å². The molecule has 0 aromatic carbocycles. The van der Waals surface area contributed by atoms with Crippen molar-refractivity contribution in [1.29, 1.82) is 0 Å². The second-order valence-electron chi connectivity index (χ2n) is 4.46. The summed E-state index contributed by atoms with van der Waals surface area (Å²) < 4.78 is 10.8. The monoisotopic (exact) mass is 265 g/mol. The molecular weight excluding hydrogens is 250 g/mol. The summed E-state index contributed by atoms with van der Waals surface area (Å²) in [5, 5.41) is 7.84. The number of aromatic nitrogens is 2. The molecule has 2 aromatic heterocycles. The molecule has 0 spiro atoms. The van der Waals surface area contributed by atoms with Gasteiger partial charge in [0.25, 0.3) is 5.89 Å². The van der Waals surface area contributed by atoms with Crippen LogP contribution in [0.3, 0.4) is 0 Å². The van der Waals surface area contributed by atoms with Gasteiger partial charge in [-0.15, -0.1) is 0 Å². The number of hydrogen-bond acceptors (Lipinski definition) is 6. The average molecular weight is 265 g/mol. The summed E-state index contributed by atoms with van der Waals surface area (Å²) in [5.41, 5.74) is 6.92. The molecule has 0 bridgehead atoms. The highest BCUT2D eigenvalue weighted by atomic mass is 32.1. The summed E-state index contributed by atoms with van der Waals surface area (Å²) in [6.07, 6.45) is 3.90. The molecule has 1 fully saturated rings. The lowest BCUT2D eigenvalue weighted by Gasteiger charge is -2.26. The van der Waals surface area contributed by atoms with Gasteiger partial charge in [0.2, 0.25) is 0 Å². The van der Waals surface area contributed by atoms with Crippen LogP contribution in [0.2, 0.25) is 0 Å². The van der Waals surface area contributed by atoms with Crippen molar-refractivity contribution in [3.63, 3.8) is 0 Å². The van der Waals surface area contributed by atoms with Gasteiger partial charge >= 0.3 is 0 Å². The molecule has 1 aliphatic rings. The van der Waals surface area contributed by atoms with Crippen LogP contribution in [0.15, 0.2) is 21.3 Å². The van der Waals surface area contributed by atoms with Crippen LogP contribution in [0.25, 0.3) is 11.5 Å². The number of thiophene rings is 1. The molecule has 6 heteroatoms. The number of nitrogens with zero attached hydrogens (tertiary/aromatic N) is 2. The van der Waals surface area contributed by atoms with Crippen LogP contribution in [0.5, 0.6) is 0 Å². The third kappa shape index (κ3) is 2.45. The highest BCUT2D eigenvalue weighted by Crippen LogP contribution is 2.24. The van der Waals surface area contributed by atoms with Crippen molar-refractivity contribution in [3.05, 3.63) is 22.7 Å². The summed E-state index contributed by atoms with van der Waals surface area (Å²) in [4.78, 5) is 4.30. The SMILES string of the molecule is NC(COC1CCC1)c1noc(-c2ccsc2)n1. The predicted molar refractivity (Wildman–Crippen MR) is 68.1 cm³/mol. The van der Waals surface area contributed by atoms with Crippen molar-refractivity contribution < 1.29 is 9.26 Å². The first-order chi connectivity index (χ1) is 8.83. The van der Waals surface area contributed by atoms with E-state index in [1.54, 1.807) is 11.3 Å². The predicted octanol–water partition coefficient (Wildman–Crippen LogP) is 2.37. The topological polar surface area (TPSA) is 74.2 Å². The lowest BCUT2D eigenvalue weighted by Crippen LogP contribution is -2.27. The summed E-state index contributed by atoms with van der Waals surface area (Å²) in [5.74, 6) is 1.03. The van der Waals surface area contributed by atoms with Gasteiger partial charge in [0.05, 0.1) is 24.3 Å². The van der Waals surface area contributed by atoms with Crippen molar-refractivity contribution in [2.75, 3.05) is 6.61 Å². The van der Waals surface area contributed by atoms with Crippen LogP contribution in [-0.2, 0) is 4.74 Å². The van der Waals surface area contributed by atoms with E-state index in [4.69, 9.17) is 15.0 Å². The Balaban J connectivity index is 1.61. The van der Waals surface area contributed by atoms with Crippen molar-refractivity contribution in [2.24, 2.45) is 5.73 Å². The van der Waals surface area contributed by atoms with Crippen molar-refractivity contribution >= 4 is 11.3 Å². The normalized spacial score (nSPS) is 17.6. The molecule has 96 valence electrons. The zero-order chi connectivity index (χ0) is 12.4. The van der Waals surface area contributed by atoms with E-state index in [1.165, 1.54) is 6.42 Å². The van der Waals surface area contributed by atoms with Crippen LogP contribution in [0.4, 0.5) is 0 Å². The van der Waals surface area contributed by atoms with Crippen molar-refractivity contribution in [3.8, 4) is 11.5 Å². The van der Waals surface area contributed by atoms with Crippen LogP contribution in [-0.4, -0.2) is 22.9 Å². The maximum atomic E-state index is 5.98. The fourth-order valence-electron chi connectivity index (χ4n) is 1.74. The fourth-order valence-corrected chi connectivity index (χ4v) is 2.37. The highest BCUT2D eigenvalue weighted by molar-refractivity contribution is 7.08. The van der Waals surface area contributed by atoms with Gasteiger partial charge in [0, 0.05) is 5.38 Å². The van der Waals surface area contributed by atoms with Gasteiger partial charge in [-0.2, -0.15) is 16.3 Å². The van der Waals surface area contributed by atoms with Crippen molar-refractivity contribution in [1.82, 2.24) is 10.1 Å². The van der Waals surface area contributed by atoms with E-state index in [0.717, 1.165) is 18.4 Å². The molecule has 0 amide bonds. The van der Waals surface area contributed by atoms with E-state index >= 15 is 0 Å². The molecule has 0 saturated heterocycles. The fraction of sp³-hybridized carbons (Fsp3) is 0.500. The number of rotatable bonds is 5. The molecule has 1 unspecified atom stereocenters. The Morgan fingerprint density at radius 1 is 1.56 bits per heavy atom. The minimum atomic E-state index is -0.318. The molecule has 2 aromatic rings. The van der Waals surface area contributed by atoms with Crippen molar-refractivity contribution in [2.45, 2.75) is 31.4 Å². The molecule has 2 N–H and O–H groups in total. The third-order valence-corrected chi connectivity index (χ3v) is 3.79. The van der Waals surface area contributed by atoms with E-state index in [2.05, 4.69) is 10.1 Å². The molecule has 1 saturated carbocycles. The highest BCUT2D eigenvalue weighted by Gasteiger charge is 2.21. The smallest absolute Gasteiger partial charge is 0.258 e. The van der Waals surface area contributed by atoms with Gasteiger partial charge in [0.1, 0.15) is 0 Å². The largest absolute Gasteiger partial charge is 0.376 e. The zero-order valence-electron chi connectivity index (χ0n) is 9.91. The average Bonchev–Trinajstić information content (AvgIpc) is 2.97. The molecular formula is C12H15N3O2S. The first-order valence-electron chi connectivity index (χ1n) is 6.06. The Labute approximate surface area is 109 Å². The minimum Gasteiger partial charge on any atom is -0.376 e. The van der Waals surface area contributed by atoms with Gasteiger partial charge in [0.15, 0.2) is 5.82 Å². The van der Waals surface area contributed by atoms with Crippen LogP contribution < -0.4 is 5.73 Å². The second-order valence-corrected chi connectivity index (χ2v) is 5.24. The Bertz CT molecular complexity index is 493. The summed E-state index contributed by atoms with van der Waals surface area (Å²) in [6, 6.07) is 1.62. The lowest BCUT2D eigenvalue weighted by molar-refractivity contribution is -0.00549. The summed E-state index contributed by atoms with van der Waals surface area (Å²) >= 11 is 1.59. The Hall–Kier alpha value is -1.24. The molecule has 0 radical (unpaired) electrons. The van der Waals surface area contributed by atoms with E-state index < -0.39 is 0 Å². The Kier molecular flexibility index (Phi) is 3.40. The van der Waals surface area contributed by atoms with E-state index in [0.29, 0.717) is 24.4 Å². The molecule has 18 heavy (non-hydrogen) atoms. The lowest BCUT2D eigenvalue weighted by atomic mass is 9.96. The first-order valence-corrected chi connectivity index (χ1v) is 7.00. The standard InChI is InChI=1S/C12H15N3O2S/c13-10(6-16-9-2-1-3-9)11-14-12(17-15-11)8-4-5-18-7-8/h4-5,7,9-10H,1-3,6,13H2. The van der Waals surface area contributed by atoms with Gasteiger partial charge in [-0.05, 0) is 30.7 Å².